The molecule has 1 aliphatic rings. The molecule has 132 valence electrons. The van der Waals surface area contributed by atoms with E-state index in [-0.39, 0.29) is 0 Å². The number of nitriles is 1. The predicted molar refractivity (Wildman–Crippen MR) is 96.2 cm³/mol. The molecular weight excluding hydrogens is 314 g/mol. The molecule has 0 amide bonds. The minimum Gasteiger partial charge on any atom is -0.492 e. The number of imidazole rings is 1. The summed E-state index contributed by atoms with van der Waals surface area (Å²) in [5.74, 6) is 1.94. The molecule has 6 heteroatoms. The number of nitrogens with zero attached hydrogens (tertiary/aromatic N) is 5. The Morgan fingerprint density at radius 3 is 2.72 bits per heavy atom. The summed E-state index contributed by atoms with van der Waals surface area (Å²) in [7, 11) is 2.05. The van der Waals surface area contributed by atoms with Crippen molar-refractivity contribution in [2.45, 2.75) is 19.5 Å². The minimum atomic E-state index is 0.500. The van der Waals surface area contributed by atoms with Crippen LogP contribution in [0.5, 0.6) is 5.75 Å². The van der Waals surface area contributed by atoms with Crippen LogP contribution < -0.4 is 4.74 Å². The average Bonchev–Trinajstić information content (AvgIpc) is 3.03. The van der Waals surface area contributed by atoms with Crippen LogP contribution in [-0.2, 0) is 13.6 Å². The summed E-state index contributed by atoms with van der Waals surface area (Å²) in [4.78, 5) is 9.36. The molecule has 0 unspecified atom stereocenters. The second kappa shape index (κ2) is 8.15. The molecule has 1 fully saturated rings. The lowest BCUT2D eigenvalue weighted by atomic mass is 10.2. The van der Waals surface area contributed by atoms with Gasteiger partial charge >= 0.3 is 0 Å². The standard InChI is InChI=1S/C19H25N5O/c1-16-14-23(9-10-24(16)15-19-21-7-8-22(19)2)11-12-25-18-5-3-17(13-20)4-6-18/h3-8,16H,9-12,14-15H2,1-2H3/t16-/m1/s1. The smallest absolute Gasteiger partial charge is 0.122 e. The van der Waals surface area contributed by atoms with E-state index in [1.165, 1.54) is 0 Å². The second-order valence-electron chi connectivity index (χ2n) is 6.56. The fourth-order valence-corrected chi connectivity index (χ4v) is 3.16. The monoisotopic (exact) mass is 339 g/mol. The first-order valence-corrected chi connectivity index (χ1v) is 8.71. The van der Waals surface area contributed by atoms with Gasteiger partial charge < -0.3 is 9.30 Å². The number of hydrogen-bond acceptors (Lipinski definition) is 5. The third kappa shape index (κ3) is 4.59. The highest BCUT2D eigenvalue weighted by molar-refractivity contribution is 5.34. The van der Waals surface area contributed by atoms with Crippen molar-refractivity contribution in [2.75, 3.05) is 32.8 Å². The first kappa shape index (κ1) is 17.5. The molecule has 1 aromatic heterocycles. The first-order chi connectivity index (χ1) is 12.2. The Bertz CT molecular complexity index is 718. The van der Waals surface area contributed by atoms with Gasteiger partial charge in [0.1, 0.15) is 18.2 Å². The van der Waals surface area contributed by atoms with Crippen LogP contribution in [0.2, 0.25) is 0 Å². The number of benzene rings is 1. The normalized spacial score (nSPS) is 18.8. The number of piperazine rings is 1. The highest BCUT2D eigenvalue weighted by atomic mass is 16.5. The Labute approximate surface area is 149 Å². The molecule has 1 atom stereocenters. The maximum absolute atomic E-state index is 8.81. The van der Waals surface area contributed by atoms with Crippen molar-refractivity contribution in [1.29, 1.82) is 5.26 Å². The van der Waals surface area contributed by atoms with Crippen molar-refractivity contribution in [2.24, 2.45) is 7.05 Å². The van der Waals surface area contributed by atoms with Crippen LogP contribution in [0.4, 0.5) is 0 Å². The minimum absolute atomic E-state index is 0.500. The summed E-state index contributed by atoms with van der Waals surface area (Å²) in [6.07, 6.45) is 3.85. The lowest BCUT2D eigenvalue weighted by Gasteiger charge is -2.39. The number of aryl methyl sites for hydroxylation is 1. The number of ether oxygens (including phenoxy) is 1. The van der Waals surface area contributed by atoms with E-state index in [1.54, 1.807) is 12.1 Å². The maximum atomic E-state index is 8.81. The van der Waals surface area contributed by atoms with Crippen LogP contribution >= 0.6 is 0 Å². The van der Waals surface area contributed by atoms with Gasteiger partial charge in [-0.05, 0) is 31.2 Å². The molecule has 0 N–H and O–H groups in total. The Kier molecular flexibility index (Phi) is 5.69. The van der Waals surface area contributed by atoms with E-state index >= 15 is 0 Å². The van der Waals surface area contributed by atoms with Gasteiger partial charge in [-0.1, -0.05) is 0 Å². The third-order valence-corrected chi connectivity index (χ3v) is 4.77. The molecule has 1 aromatic carbocycles. The molecule has 3 rings (SSSR count). The van der Waals surface area contributed by atoms with Crippen LogP contribution in [0.15, 0.2) is 36.7 Å². The zero-order valence-electron chi connectivity index (χ0n) is 14.9. The SMILES string of the molecule is C[C@@H]1CN(CCOc2ccc(C#N)cc2)CCN1Cc1nccn1C. The largest absolute Gasteiger partial charge is 0.492 e. The molecule has 1 saturated heterocycles. The maximum Gasteiger partial charge on any atom is 0.122 e. The van der Waals surface area contributed by atoms with E-state index < -0.39 is 0 Å². The summed E-state index contributed by atoms with van der Waals surface area (Å²) < 4.78 is 7.88. The van der Waals surface area contributed by atoms with E-state index in [0.717, 1.165) is 44.3 Å². The van der Waals surface area contributed by atoms with Crippen LogP contribution in [0.25, 0.3) is 0 Å². The molecule has 2 aromatic rings. The fraction of sp³-hybridized carbons (Fsp3) is 0.474. The molecule has 0 aliphatic carbocycles. The van der Waals surface area contributed by atoms with Gasteiger partial charge in [-0.3, -0.25) is 9.80 Å². The van der Waals surface area contributed by atoms with E-state index in [0.29, 0.717) is 18.2 Å². The molecule has 6 nitrogen and oxygen atoms in total. The van der Waals surface area contributed by atoms with Crippen molar-refractivity contribution in [3.8, 4) is 11.8 Å². The van der Waals surface area contributed by atoms with Gasteiger partial charge in [0.05, 0.1) is 18.2 Å². The molecule has 0 bridgehead atoms. The highest BCUT2D eigenvalue weighted by Crippen LogP contribution is 2.14. The predicted octanol–water partition coefficient (Wildman–Crippen LogP) is 1.88. The molecule has 2 heterocycles. The average molecular weight is 339 g/mol. The van der Waals surface area contributed by atoms with Gasteiger partial charge in [0.2, 0.25) is 0 Å². The van der Waals surface area contributed by atoms with Gasteiger partial charge in [0, 0.05) is 51.7 Å². The lowest BCUT2D eigenvalue weighted by Crippen LogP contribution is -2.52. The second-order valence-corrected chi connectivity index (χ2v) is 6.56. The van der Waals surface area contributed by atoms with Gasteiger partial charge in [-0.2, -0.15) is 5.26 Å². The van der Waals surface area contributed by atoms with Crippen LogP contribution in [-0.4, -0.2) is 58.2 Å². The van der Waals surface area contributed by atoms with Gasteiger partial charge in [0.15, 0.2) is 0 Å². The van der Waals surface area contributed by atoms with E-state index in [4.69, 9.17) is 10.00 Å². The summed E-state index contributed by atoms with van der Waals surface area (Å²) in [5, 5.41) is 8.81. The quantitative estimate of drug-likeness (QED) is 0.804. The summed E-state index contributed by atoms with van der Waals surface area (Å²) in [6.45, 7) is 7.90. The zero-order valence-corrected chi connectivity index (χ0v) is 14.9. The zero-order chi connectivity index (χ0) is 17.6. The molecule has 0 radical (unpaired) electrons. The number of hydrogen-bond donors (Lipinski definition) is 0. The molecule has 25 heavy (non-hydrogen) atoms. The van der Waals surface area contributed by atoms with Gasteiger partial charge in [0.25, 0.3) is 0 Å². The van der Waals surface area contributed by atoms with Crippen LogP contribution in [0.3, 0.4) is 0 Å². The summed E-state index contributed by atoms with van der Waals surface area (Å²) >= 11 is 0. The Morgan fingerprint density at radius 2 is 2.08 bits per heavy atom. The van der Waals surface area contributed by atoms with Gasteiger partial charge in [-0.25, -0.2) is 4.98 Å². The van der Waals surface area contributed by atoms with Gasteiger partial charge in [-0.15, -0.1) is 0 Å². The Morgan fingerprint density at radius 1 is 1.28 bits per heavy atom. The topological polar surface area (TPSA) is 57.3 Å². The van der Waals surface area contributed by atoms with Crippen LogP contribution in [0, 0.1) is 11.3 Å². The lowest BCUT2D eigenvalue weighted by molar-refractivity contribution is 0.0666. The van der Waals surface area contributed by atoms with E-state index in [2.05, 4.69) is 32.3 Å². The first-order valence-electron chi connectivity index (χ1n) is 8.71. The highest BCUT2D eigenvalue weighted by Gasteiger charge is 2.24. The van der Waals surface area contributed by atoms with Crippen molar-refractivity contribution < 1.29 is 4.74 Å². The molecule has 0 spiro atoms. The summed E-state index contributed by atoms with van der Waals surface area (Å²) in [6, 6.07) is 9.89. The van der Waals surface area contributed by atoms with Crippen molar-refractivity contribution in [3.05, 3.63) is 48.0 Å². The number of aromatic nitrogens is 2. The number of rotatable bonds is 6. The Balaban J connectivity index is 1.42. The van der Waals surface area contributed by atoms with Crippen LogP contribution in [0.1, 0.15) is 18.3 Å². The van der Waals surface area contributed by atoms with Crippen molar-refractivity contribution in [1.82, 2.24) is 19.4 Å². The van der Waals surface area contributed by atoms with Crippen molar-refractivity contribution in [3.63, 3.8) is 0 Å². The molecule has 1 aliphatic heterocycles. The van der Waals surface area contributed by atoms with E-state index in [9.17, 15) is 0 Å². The summed E-state index contributed by atoms with van der Waals surface area (Å²) in [5.41, 5.74) is 0.657. The third-order valence-electron chi connectivity index (χ3n) is 4.77. The van der Waals surface area contributed by atoms with E-state index in [1.807, 2.05) is 31.6 Å². The Hall–Kier alpha value is -2.36. The van der Waals surface area contributed by atoms with Crippen molar-refractivity contribution >= 4 is 0 Å². The molecule has 0 saturated carbocycles. The fourth-order valence-electron chi connectivity index (χ4n) is 3.16. The molecular formula is C19H25N5O.